The van der Waals surface area contributed by atoms with Crippen LogP contribution in [0.1, 0.15) is 6.42 Å². The van der Waals surface area contributed by atoms with Gasteiger partial charge >= 0.3 is 6.61 Å². The SMILES string of the molecule is O=C1[C@@H]2[C@H](C(=O)N1c1ccc(OC(F)F)cc1)[C@@H]1C=C[C@H]2C1. The zero-order valence-corrected chi connectivity index (χ0v) is 11.5. The Morgan fingerprint density at radius 1 is 1.00 bits per heavy atom. The monoisotopic (exact) mass is 305 g/mol. The molecule has 1 saturated heterocycles. The smallest absolute Gasteiger partial charge is 0.387 e. The number of carbonyl (C=O) groups excluding carboxylic acids is 2. The van der Waals surface area contributed by atoms with Crippen LogP contribution in [0.15, 0.2) is 36.4 Å². The first kappa shape index (κ1) is 13.4. The van der Waals surface area contributed by atoms with E-state index in [0.29, 0.717) is 5.69 Å². The second-order valence-electron chi connectivity index (χ2n) is 5.88. The summed E-state index contributed by atoms with van der Waals surface area (Å²) in [6.45, 7) is -2.90. The molecule has 4 nitrogen and oxygen atoms in total. The second-order valence-corrected chi connectivity index (χ2v) is 5.88. The van der Waals surface area contributed by atoms with E-state index in [1.54, 1.807) is 0 Å². The molecule has 2 aliphatic carbocycles. The molecule has 1 saturated carbocycles. The van der Waals surface area contributed by atoms with E-state index in [9.17, 15) is 18.4 Å². The van der Waals surface area contributed by atoms with Crippen LogP contribution in [-0.2, 0) is 9.59 Å². The summed E-state index contributed by atoms with van der Waals surface area (Å²) in [6.07, 6.45) is 4.93. The minimum Gasteiger partial charge on any atom is -0.435 e. The molecule has 0 spiro atoms. The standard InChI is InChI=1S/C16H13F2NO3/c17-16(18)22-11-5-3-10(4-6-11)19-14(20)12-8-1-2-9(7-8)13(12)15(19)21/h1-6,8-9,12-13,16H,7H2/t8-,9+,12-,13+. The number of nitrogens with zero attached hydrogens (tertiary/aromatic N) is 1. The molecule has 2 fully saturated rings. The van der Waals surface area contributed by atoms with E-state index in [0.717, 1.165) is 6.42 Å². The molecule has 0 aromatic heterocycles. The lowest BCUT2D eigenvalue weighted by Crippen LogP contribution is -2.32. The van der Waals surface area contributed by atoms with Gasteiger partial charge in [0, 0.05) is 0 Å². The maximum absolute atomic E-state index is 12.6. The molecule has 4 rings (SSSR count). The highest BCUT2D eigenvalue weighted by molar-refractivity contribution is 6.22. The molecule has 0 N–H and O–H groups in total. The number of fused-ring (bicyclic) bond motifs is 5. The highest BCUT2D eigenvalue weighted by atomic mass is 19.3. The van der Waals surface area contributed by atoms with Crippen LogP contribution in [0.2, 0.25) is 0 Å². The van der Waals surface area contributed by atoms with Gasteiger partial charge in [0.2, 0.25) is 11.8 Å². The van der Waals surface area contributed by atoms with Crippen LogP contribution < -0.4 is 9.64 Å². The summed E-state index contributed by atoms with van der Waals surface area (Å²) < 4.78 is 28.6. The first-order chi connectivity index (χ1) is 10.6. The van der Waals surface area contributed by atoms with Crippen LogP contribution in [0, 0.1) is 23.7 Å². The van der Waals surface area contributed by atoms with Gasteiger partial charge < -0.3 is 4.74 Å². The van der Waals surface area contributed by atoms with Crippen LogP contribution in [0.3, 0.4) is 0 Å². The number of hydrogen-bond acceptors (Lipinski definition) is 3. The zero-order chi connectivity index (χ0) is 15.4. The van der Waals surface area contributed by atoms with E-state index in [4.69, 9.17) is 0 Å². The Bertz CT molecular complexity index is 640. The molecule has 6 heteroatoms. The number of anilines is 1. The summed E-state index contributed by atoms with van der Waals surface area (Å²) in [5.41, 5.74) is 0.408. The van der Waals surface area contributed by atoms with Crippen LogP contribution in [-0.4, -0.2) is 18.4 Å². The fourth-order valence-corrected chi connectivity index (χ4v) is 3.93. The average Bonchev–Trinajstić information content (AvgIpc) is 3.14. The summed E-state index contributed by atoms with van der Waals surface area (Å²) in [6, 6.07) is 5.60. The Morgan fingerprint density at radius 3 is 2.05 bits per heavy atom. The van der Waals surface area contributed by atoms with Gasteiger partial charge in [-0.1, -0.05) is 12.2 Å². The predicted molar refractivity (Wildman–Crippen MR) is 73.3 cm³/mol. The third-order valence-electron chi connectivity index (χ3n) is 4.79. The first-order valence-electron chi connectivity index (χ1n) is 7.17. The lowest BCUT2D eigenvalue weighted by atomic mass is 9.85. The fourth-order valence-electron chi connectivity index (χ4n) is 3.93. The van der Waals surface area contributed by atoms with Crippen molar-refractivity contribution >= 4 is 17.5 Å². The molecular weight excluding hydrogens is 292 g/mol. The second kappa shape index (κ2) is 4.63. The highest BCUT2D eigenvalue weighted by Gasteiger charge is 2.59. The number of benzene rings is 1. The van der Waals surface area contributed by atoms with E-state index >= 15 is 0 Å². The quantitative estimate of drug-likeness (QED) is 0.637. The molecule has 2 amide bonds. The number of alkyl halides is 2. The molecule has 0 unspecified atom stereocenters. The first-order valence-corrected chi connectivity index (χ1v) is 7.17. The molecule has 1 heterocycles. The normalized spacial score (nSPS) is 32.2. The van der Waals surface area contributed by atoms with Crippen molar-refractivity contribution in [2.24, 2.45) is 23.7 Å². The van der Waals surface area contributed by atoms with Crippen molar-refractivity contribution in [2.75, 3.05) is 4.90 Å². The molecule has 2 bridgehead atoms. The number of halogens is 2. The maximum Gasteiger partial charge on any atom is 0.387 e. The van der Waals surface area contributed by atoms with Gasteiger partial charge in [0.15, 0.2) is 0 Å². The van der Waals surface area contributed by atoms with Gasteiger partial charge in [-0.15, -0.1) is 0 Å². The third-order valence-corrected chi connectivity index (χ3v) is 4.79. The Morgan fingerprint density at radius 2 is 1.55 bits per heavy atom. The summed E-state index contributed by atoms with van der Waals surface area (Å²) in [4.78, 5) is 26.3. The average molecular weight is 305 g/mol. The minimum absolute atomic E-state index is 0.000208. The van der Waals surface area contributed by atoms with Crippen molar-refractivity contribution in [3.63, 3.8) is 0 Å². The Hall–Kier alpha value is -2.24. The number of amides is 2. The molecule has 1 aromatic rings. The highest BCUT2D eigenvalue weighted by Crippen LogP contribution is 2.53. The molecule has 114 valence electrons. The van der Waals surface area contributed by atoms with Crippen molar-refractivity contribution in [3.8, 4) is 5.75 Å². The van der Waals surface area contributed by atoms with Crippen molar-refractivity contribution in [1.82, 2.24) is 0 Å². The van der Waals surface area contributed by atoms with Crippen molar-refractivity contribution in [3.05, 3.63) is 36.4 Å². The lowest BCUT2D eigenvalue weighted by Gasteiger charge is -2.17. The number of imide groups is 1. The number of rotatable bonds is 3. The van der Waals surface area contributed by atoms with Gasteiger partial charge in [0.05, 0.1) is 17.5 Å². The van der Waals surface area contributed by atoms with Crippen molar-refractivity contribution in [1.29, 1.82) is 0 Å². The number of ether oxygens (including phenoxy) is 1. The van der Waals surface area contributed by atoms with Crippen LogP contribution in [0.25, 0.3) is 0 Å². The van der Waals surface area contributed by atoms with E-state index in [-0.39, 0.29) is 41.2 Å². The van der Waals surface area contributed by atoms with Gasteiger partial charge in [0.25, 0.3) is 0 Å². The maximum atomic E-state index is 12.6. The summed E-state index contributed by atoms with van der Waals surface area (Å²) in [7, 11) is 0. The van der Waals surface area contributed by atoms with Gasteiger partial charge in [0.1, 0.15) is 5.75 Å². The molecule has 1 aromatic carbocycles. The minimum atomic E-state index is -2.90. The summed E-state index contributed by atoms with van der Waals surface area (Å²) in [5, 5.41) is 0. The molecule has 3 aliphatic rings. The molecular formula is C16H13F2NO3. The number of allylic oxidation sites excluding steroid dienone is 2. The van der Waals surface area contributed by atoms with E-state index in [1.807, 2.05) is 12.2 Å². The Labute approximate surface area is 125 Å². The largest absolute Gasteiger partial charge is 0.435 e. The van der Waals surface area contributed by atoms with E-state index in [1.165, 1.54) is 29.2 Å². The van der Waals surface area contributed by atoms with E-state index in [2.05, 4.69) is 4.74 Å². The fraction of sp³-hybridized carbons (Fsp3) is 0.375. The van der Waals surface area contributed by atoms with Crippen LogP contribution in [0.5, 0.6) is 5.75 Å². The lowest BCUT2D eigenvalue weighted by molar-refractivity contribution is -0.123. The predicted octanol–water partition coefficient (Wildman–Crippen LogP) is 2.60. The van der Waals surface area contributed by atoms with Gasteiger partial charge in [-0.25, -0.2) is 0 Å². The number of hydrogen-bond donors (Lipinski definition) is 0. The van der Waals surface area contributed by atoms with Crippen molar-refractivity contribution in [2.45, 2.75) is 13.0 Å². The van der Waals surface area contributed by atoms with Crippen molar-refractivity contribution < 1.29 is 23.1 Å². The topological polar surface area (TPSA) is 46.6 Å². The Kier molecular flexibility index (Phi) is 2.82. The Balaban J connectivity index is 1.61. The zero-order valence-electron chi connectivity index (χ0n) is 11.5. The molecule has 1 aliphatic heterocycles. The molecule has 0 radical (unpaired) electrons. The third kappa shape index (κ3) is 1.79. The van der Waals surface area contributed by atoms with Gasteiger partial charge in [-0.2, -0.15) is 8.78 Å². The van der Waals surface area contributed by atoms with Gasteiger partial charge in [-0.05, 0) is 42.5 Å². The molecule has 22 heavy (non-hydrogen) atoms. The summed E-state index contributed by atoms with van der Waals surface area (Å²) in [5.74, 6) is -0.599. The van der Waals surface area contributed by atoms with Crippen LogP contribution >= 0.6 is 0 Å². The van der Waals surface area contributed by atoms with E-state index < -0.39 is 6.61 Å². The van der Waals surface area contributed by atoms with Gasteiger partial charge in [-0.3, -0.25) is 14.5 Å². The molecule has 4 atom stereocenters. The number of carbonyl (C=O) groups is 2. The summed E-state index contributed by atoms with van der Waals surface area (Å²) >= 11 is 0. The van der Waals surface area contributed by atoms with Crippen LogP contribution in [0.4, 0.5) is 14.5 Å².